The molecule has 0 saturated heterocycles. The Hall–Kier alpha value is -2.30. The lowest BCUT2D eigenvalue weighted by atomic mass is 10.1. The van der Waals surface area contributed by atoms with E-state index in [9.17, 15) is 4.79 Å². The number of aromatic amines is 1. The largest absolute Gasteiger partial charge is 0.398 e. The fourth-order valence-electron chi connectivity index (χ4n) is 1.36. The minimum atomic E-state index is -0.245. The number of H-pyrrole nitrogens is 1. The molecule has 82 valence electrons. The van der Waals surface area contributed by atoms with E-state index in [0.29, 0.717) is 17.1 Å². The second kappa shape index (κ2) is 4.06. The van der Waals surface area contributed by atoms with Crippen LogP contribution in [0.3, 0.4) is 0 Å². The quantitative estimate of drug-likeness (QED) is 0.666. The van der Waals surface area contributed by atoms with Crippen LogP contribution in [0.1, 0.15) is 15.9 Å². The normalized spacial score (nSPS) is 10.1. The molecule has 0 bridgehead atoms. The van der Waals surface area contributed by atoms with E-state index in [1.807, 2.05) is 6.92 Å². The zero-order valence-corrected chi connectivity index (χ0v) is 8.82. The molecule has 1 amide bonds. The number of nitrogen functional groups attached to an aromatic ring is 1. The Balaban J connectivity index is 2.22. The summed E-state index contributed by atoms with van der Waals surface area (Å²) in [4.78, 5) is 11.8. The van der Waals surface area contributed by atoms with Crippen molar-refractivity contribution in [3.8, 4) is 0 Å². The van der Waals surface area contributed by atoms with Gasteiger partial charge in [-0.3, -0.25) is 9.89 Å². The highest BCUT2D eigenvalue weighted by Crippen LogP contribution is 2.14. The van der Waals surface area contributed by atoms with E-state index in [2.05, 4.69) is 15.5 Å². The number of nitrogens with zero attached hydrogens (tertiary/aromatic N) is 1. The fraction of sp³-hybridized carbons (Fsp3) is 0.0909. The molecule has 0 saturated carbocycles. The maximum absolute atomic E-state index is 11.8. The first kappa shape index (κ1) is 10.2. The highest BCUT2D eigenvalue weighted by atomic mass is 16.1. The number of amides is 1. The molecule has 0 atom stereocenters. The number of aryl methyl sites for hydroxylation is 1. The Morgan fingerprint density at radius 2 is 2.19 bits per heavy atom. The van der Waals surface area contributed by atoms with Gasteiger partial charge < -0.3 is 11.1 Å². The van der Waals surface area contributed by atoms with Crippen LogP contribution in [0.2, 0.25) is 0 Å². The Bertz CT molecular complexity index is 518. The molecule has 4 N–H and O–H groups in total. The first-order valence-electron chi connectivity index (χ1n) is 4.84. The molecule has 2 aromatic rings. The number of hydrogen-bond acceptors (Lipinski definition) is 3. The molecule has 0 aliphatic heterocycles. The summed E-state index contributed by atoms with van der Waals surface area (Å²) in [6.07, 6.45) is 1.64. The second-order valence-electron chi connectivity index (χ2n) is 3.47. The zero-order valence-electron chi connectivity index (χ0n) is 8.82. The van der Waals surface area contributed by atoms with E-state index in [1.165, 1.54) is 0 Å². The maximum atomic E-state index is 11.8. The molecule has 0 spiro atoms. The van der Waals surface area contributed by atoms with Gasteiger partial charge in [0.05, 0.1) is 11.8 Å². The highest BCUT2D eigenvalue weighted by molar-refractivity contribution is 6.07. The number of carbonyl (C=O) groups is 1. The van der Waals surface area contributed by atoms with Crippen LogP contribution in [-0.4, -0.2) is 16.1 Å². The van der Waals surface area contributed by atoms with Crippen LogP contribution in [0.25, 0.3) is 0 Å². The van der Waals surface area contributed by atoms with Gasteiger partial charge in [-0.1, -0.05) is 12.1 Å². The number of rotatable bonds is 2. The standard InChI is InChI=1S/C11H12N4O/c1-7-6-13-15-10(7)14-11(16)8-4-2-3-5-9(8)12/h2-6H,12H2,1H3,(H2,13,14,15,16). The van der Waals surface area contributed by atoms with Gasteiger partial charge in [0.15, 0.2) is 0 Å². The predicted octanol–water partition coefficient (Wildman–Crippen LogP) is 1.55. The molecule has 0 aliphatic rings. The van der Waals surface area contributed by atoms with Crippen LogP contribution >= 0.6 is 0 Å². The Kier molecular flexibility index (Phi) is 2.59. The number of nitrogens with two attached hydrogens (primary N) is 1. The first-order chi connectivity index (χ1) is 7.68. The van der Waals surface area contributed by atoms with Gasteiger partial charge in [-0.25, -0.2) is 0 Å². The van der Waals surface area contributed by atoms with Crippen molar-refractivity contribution in [3.63, 3.8) is 0 Å². The molecule has 0 fully saturated rings. The summed E-state index contributed by atoms with van der Waals surface area (Å²) >= 11 is 0. The molecule has 0 radical (unpaired) electrons. The predicted molar refractivity (Wildman–Crippen MR) is 62.1 cm³/mol. The lowest BCUT2D eigenvalue weighted by Gasteiger charge is -2.05. The topological polar surface area (TPSA) is 83.8 Å². The van der Waals surface area contributed by atoms with Gasteiger partial charge in [0.2, 0.25) is 0 Å². The van der Waals surface area contributed by atoms with Gasteiger partial charge in [-0.05, 0) is 19.1 Å². The van der Waals surface area contributed by atoms with E-state index < -0.39 is 0 Å². The summed E-state index contributed by atoms with van der Waals surface area (Å²) in [5.74, 6) is 0.346. The van der Waals surface area contributed by atoms with E-state index in [1.54, 1.807) is 30.5 Å². The third-order valence-electron chi connectivity index (χ3n) is 2.27. The van der Waals surface area contributed by atoms with E-state index in [-0.39, 0.29) is 5.91 Å². The van der Waals surface area contributed by atoms with Crippen molar-refractivity contribution in [2.75, 3.05) is 11.1 Å². The number of nitrogens with one attached hydrogen (secondary N) is 2. The number of hydrogen-bond donors (Lipinski definition) is 3. The van der Waals surface area contributed by atoms with Crippen LogP contribution in [0, 0.1) is 6.92 Å². The fourth-order valence-corrected chi connectivity index (χ4v) is 1.36. The maximum Gasteiger partial charge on any atom is 0.258 e. The van der Waals surface area contributed by atoms with Gasteiger partial charge in [0.25, 0.3) is 5.91 Å². The average Bonchev–Trinajstić information content (AvgIpc) is 2.65. The molecule has 2 rings (SSSR count). The molecule has 1 aromatic heterocycles. The molecule has 0 aliphatic carbocycles. The van der Waals surface area contributed by atoms with Crippen LogP contribution in [0.4, 0.5) is 11.5 Å². The van der Waals surface area contributed by atoms with Crippen molar-refractivity contribution in [2.24, 2.45) is 0 Å². The summed E-state index contributed by atoms with van der Waals surface area (Å²) in [6, 6.07) is 6.92. The van der Waals surface area contributed by atoms with Crippen molar-refractivity contribution in [1.82, 2.24) is 10.2 Å². The number of anilines is 2. The minimum absolute atomic E-state index is 0.245. The van der Waals surface area contributed by atoms with E-state index in [4.69, 9.17) is 5.73 Å². The van der Waals surface area contributed by atoms with Crippen LogP contribution in [-0.2, 0) is 0 Å². The zero-order chi connectivity index (χ0) is 11.5. The summed E-state index contributed by atoms with van der Waals surface area (Å²) in [5.41, 5.74) is 7.49. The van der Waals surface area contributed by atoms with Gasteiger partial charge in [0, 0.05) is 11.3 Å². The van der Waals surface area contributed by atoms with Gasteiger partial charge in [-0.2, -0.15) is 5.10 Å². The number of aromatic nitrogens is 2. The average molecular weight is 216 g/mol. The third-order valence-corrected chi connectivity index (χ3v) is 2.27. The van der Waals surface area contributed by atoms with Gasteiger partial charge in [0.1, 0.15) is 5.82 Å². The first-order valence-corrected chi connectivity index (χ1v) is 4.84. The summed E-state index contributed by atoms with van der Waals surface area (Å²) < 4.78 is 0. The van der Waals surface area contributed by atoms with Crippen molar-refractivity contribution in [3.05, 3.63) is 41.6 Å². The lowest BCUT2D eigenvalue weighted by Crippen LogP contribution is -2.14. The number of para-hydroxylation sites is 1. The summed E-state index contributed by atoms with van der Waals surface area (Å²) in [7, 11) is 0. The SMILES string of the molecule is Cc1cn[nH]c1NC(=O)c1ccccc1N. The molecule has 1 aromatic carbocycles. The monoisotopic (exact) mass is 216 g/mol. The van der Waals surface area contributed by atoms with E-state index >= 15 is 0 Å². The van der Waals surface area contributed by atoms with Crippen molar-refractivity contribution < 1.29 is 4.79 Å². The molecule has 5 heteroatoms. The molecule has 5 nitrogen and oxygen atoms in total. The molecular weight excluding hydrogens is 204 g/mol. The van der Waals surface area contributed by atoms with Crippen molar-refractivity contribution >= 4 is 17.4 Å². The summed E-state index contributed by atoms with van der Waals surface area (Å²) in [5, 5.41) is 9.23. The molecule has 1 heterocycles. The van der Waals surface area contributed by atoms with Crippen molar-refractivity contribution in [2.45, 2.75) is 6.92 Å². The Morgan fingerprint density at radius 3 is 2.81 bits per heavy atom. The highest BCUT2D eigenvalue weighted by Gasteiger charge is 2.10. The third kappa shape index (κ3) is 1.88. The number of benzene rings is 1. The van der Waals surface area contributed by atoms with Gasteiger partial charge in [-0.15, -0.1) is 0 Å². The van der Waals surface area contributed by atoms with Gasteiger partial charge >= 0.3 is 0 Å². The van der Waals surface area contributed by atoms with Crippen LogP contribution in [0.15, 0.2) is 30.5 Å². The van der Waals surface area contributed by atoms with Crippen LogP contribution < -0.4 is 11.1 Å². The second-order valence-corrected chi connectivity index (χ2v) is 3.47. The Morgan fingerprint density at radius 1 is 1.44 bits per heavy atom. The summed E-state index contributed by atoms with van der Waals surface area (Å²) in [6.45, 7) is 1.85. The Labute approximate surface area is 92.7 Å². The lowest BCUT2D eigenvalue weighted by molar-refractivity contribution is 0.102. The molecule has 16 heavy (non-hydrogen) atoms. The smallest absolute Gasteiger partial charge is 0.258 e. The van der Waals surface area contributed by atoms with Crippen molar-refractivity contribution in [1.29, 1.82) is 0 Å². The molecule has 0 unspecified atom stereocenters. The number of carbonyl (C=O) groups excluding carboxylic acids is 1. The van der Waals surface area contributed by atoms with Crippen LogP contribution in [0.5, 0.6) is 0 Å². The molecular formula is C11H12N4O. The van der Waals surface area contributed by atoms with E-state index in [0.717, 1.165) is 5.56 Å². The minimum Gasteiger partial charge on any atom is -0.398 e.